The third-order valence-corrected chi connectivity index (χ3v) is 3.41. The zero-order valence-corrected chi connectivity index (χ0v) is 13.8. The van der Waals surface area contributed by atoms with Crippen LogP contribution in [0.1, 0.15) is 34.8 Å². The minimum Gasteiger partial charge on any atom is -0.493 e. The van der Waals surface area contributed by atoms with Crippen molar-refractivity contribution in [2.24, 2.45) is 0 Å². The number of benzene rings is 2. The summed E-state index contributed by atoms with van der Waals surface area (Å²) in [6.07, 6.45) is 4.30. The molecule has 0 aliphatic carbocycles. The number of hydrogen-bond acceptors (Lipinski definition) is 3. The van der Waals surface area contributed by atoms with E-state index in [4.69, 9.17) is 9.47 Å². The molecule has 0 heterocycles. The molecule has 0 atom stereocenters. The quantitative estimate of drug-likeness (QED) is 0.550. The first-order valence-corrected chi connectivity index (χ1v) is 7.74. The summed E-state index contributed by atoms with van der Waals surface area (Å²) in [7, 11) is 1.62. The van der Waals surface area contributed by atoms with Gasteiger partial charge in [0.25, 0.3) is 0 Å². The Hall–Kier alpha value is -2.55. The largest absolute Gasteiger partial charge is 0.493 e. The molecule has 0 aliphatic heterocycles. The summed E-state index contributed by atoms with van der Waals surface area (Å²) in [5.74, 6) is 1.37. The molecule has 0 unspecified atom stereocenters. The Bertz CT molecular complexity index is 685. The summed E-state index contributed by atoms with van der Waals surface area (Å²) < 4.78 is 11.0. The third kappa shape index (κ3) is 4.71. The molecule has 2 aromatic rings. The highest BCUT2D eigenvalue weighted by Crippen LogP contribution is 2.28. The molecule has 0 saturated heterocycles. The molecule has 0 bridgehead atoms. The number of methoxy groups -OCH3 is 1. The predicted molar refractivity (Wildman–Crippen MR) is 93.3 cm³/mol. The van der Waals surface area contributed by atoms with Crippen molar-refractivity contribution >= 4 is 11.9 Å². The van der Waals surface area contributed by atoms with Crippen molar-refractivity contribution < 1.29 is 14.3 Å². The fourth-order valence-corrected chi connectivity index (χ4v) is 2.11. The normalized spacial score (nSPS) is 10.7. The van der Waals surface area contributed by atoms with Crippen LogP contribution in [0.3, 0.4) is 0 Å². The predicted octanol–water partition coefficient (Wildman–Crippen LogP) is 4.69. The molecule has 0 fully saturated rings. The zero-order valence-electron chi connectivity index (χ0n) is 13.8. The molecule has 0 aromatic heterocycles. The highest BCUT2D eigenvalue weighted by atomic mass is 16.5. The van der Waals surface area contributed by atoms with Crippen molar-refractivity contribution in [2.45, 2.75) is 20.3 Å². The maximum absolute atomic E-state index is 12.2. The number of rotatable bonds is 7. The zero-order chi connectivity index (χ0) is 16.7. The molecule has 0 spiro atoms. The van der Waals surface area contributed by atoms with Crippen molar-refractivity contribution in [2.75, 3.05) is 13.7 Å². The number of carbonyl (C=O) groups excluding carboxylic acids is 1. The van der Waals surface area contributed by atoms with Gasteiger partial charge in [-0.15, -0.1) is 0 Å². The van der Waals surface area contributed by atoms with Crippen LogP contribution in [-0.2, 0) is 0 Å². The Morgan fingerprint density at radius 1 is 1.09 bits per heavy atom. The molecule has 3 nitrogen and oxygen atoms in total. The molecule has 3 heteroatoms. The molecule has 0 radical (unpaired) electrons. The van der Waals surface area contributed by atoms with E-state index >= 15 is 0 Å². The van der Waals surface area contributed by atoms with E-state index in [9.17, 15) is 4.79 Å². The Morgan fingerprint density at radius 2 is 1.83 bits per heavy atom. The van der Waals surface area contributed by atoms with Crippen molar-refractivity contribution in [3.8, 4) is 11.5 Å². The van der Waals surface area contributed by atoms with Crippen molar-refractivity contribution in [1.82, 2.24) is 0 Å². The second-order valence-corrected chi connectivity index (χ2v) is 5.32. The first-order chi connectivity index (χ1) is 11.1. The molecule has 120 valence electrons. The fraction of sp³-hybridized carbons (Fsp3) is 0.250. The second kappa shape index (κ2) is 8.18. The SMILES string of the molecule is CCCOc1cc(/C=C/C(=O)c2ccc(C)cc2)ccc1OC. The highest BCUT2D eigenvalue weighted by Gasteiger charge is 2.05. The fourth-order valence-electron chi connectivity index (χ4n) is 2.11. The van der Waals surface area contributed by atoms with Crippen LogP contribution in [-0.4, -0.2) is 19.5 Å². The van der Waals surface area contributed by atoms with E-state index in [0.29, 0.717) is 23.7 Å². The van der Waals surface area contributed by atoms with Crippen LogP contribution in [0, 0.1) is 6.92 Å². The van der Waals surface area contributed by atoms with E-state index in [1.54, 1.807) is 19.3 Å². The van der Waals surface area contributed by atoms with Gasteiger partial charge in [-0.25, -0.2) is 0 Å². The molecule has 0 N–H and O–H groups in total. The van der Waals surface area contributed by atoms with E-state index < -0.39 is 0 Å². The molecule has 23 heavy (non-hydrogen) atoms. The Balaban J connectivity index is 2.15. The maximum atomic E-state index is 12.2. The van der Waals surface area contributed by atoms with Gasteiger partial charge in [0.1, 0.15) is 0 Å². The van der Waals surface area contributed by atoms with Crippen LogP contribution in [0.2, 0.25) is 0 Å². The number of ether oxygens (including phenoxy) is 2. The minimum atomic E-state index is -0.0168. The van der Waals surface area contributed by atoms with Crippen molar-refractivity contribution in [3.63, 3.8) is 0 Å². The van der Waals surface area contributed by atoms with Gasteiger partial charge in [-0.1, -0.05) is 48.9 Å². The summed E-state index contributed by atoms with van der Waals surface area (Å²) in [5, 5.41) is 0. The topological polar surface area (TPSA) is 35.5 Å². The monoisotopic (exact) mass is 310 g/mol. The number of carbonyl (C=O) groups is 1. The van der Waals surface area contributed by atoms with Crippen molar-refractivity contribution in [3.05, 3.63) is 65.2 Å². The van der Waals surface area contributed by atoms with Crippen LogP contribution in [0.4, 0.5) is 0 Å². The van der Waals surface area contributed by atoms with Gasteiger partial charge >= 0.3 is 0 Å². The van der Waals surface area contributed by atoms with Gasteiger partial charge in [-0.05, 0) is 37.1 Å². The number of ketones is 1. The van der Waals surface area contributed by atoms with E-state index in [2.05, 4.69) is 6.92 Å². The molecule has 2 rings (SSSR count). The lowest BCUT2D eigenvalue weighted by Crippen LogP contribution is -1.98. The lowest BCUT2D eigenvalue weighted by atomic mass is 10.1. The Labute approximate surface area is 137 Å². The lowest BCUT2D eigenvalue weighted by molar-refractivity contribution is 0.104. The van der Waals surface area contributed by atoms with Crippen LogP contribution in [0.5, 0.6) is 11.5 Å². The summed E-state index contributed by atoms with van der Waals surface area (Å²) in [6.45, 7) is 4.68. The van der Waals surface area contributed by atoms with Gasteiger partial charge in [0.2, 0.25) is 0 Å². The summed E-state index contributed by atoms with van der Waals surface area (Å²) in [5.41, 5.74) is 2.72. The minimum absolute atomic E-state index is 0.0168. The highest BCUT2D eigenvalue weighted by molar-refractivity contribution is 6.06. The molecular weight excluding hydrogens is 288 g/mol. The smallest absolute Gasteiger partial charge is 0.185 e. The summed E-state index contributed by atoms with van der Waals surface area (Å²) >= 11 is 0. The molecule has 0 saturated carbocycles. The summed E-state index contributed by atoms with van der Waals surface area (Å²) in [4.78, 5) is 12.2. The van der Waals surface area contributed by atoms with Gasteiger partial charge in [0.05, 0.1) is 13.7 Å². The van der Waals surface area contributed by atoms with Gasteiger partial charge in [0.15, 0.2) is 17.3 Å². The van der Waals surface area contributed by atoms with E-state index in [0.717, 1.165) is 17.5 Å². The Kier molecular flexibility index (Phi) is 5.98. The molecule has 2 aromatic carbocycles. The number of hydrogen-bond donors (Lipinski definition) is 0. The number of aryl methyl sites for hydroxylation is 1. The first-order valence-electron chi connectivity index (χ1n) is 7.74. The van der Waals surface area contributed by atoms with E-state index in [1.165, 1.54) is 0 Å². The van der Waals surface area contributed by atoms with E-state index in [1.807, 2.05) is 49.4 Å². The second-order valence-electron chi connectivity index (χ2n) is 5.32. The van der Waals surface area contributed by atoms with Crippen LogP contribution < -0.4 is 9.47 Å². The average molecular weight is 310 g/mol. The standard InChI is InChI=1S/C20H22O3/c1-4-13-23-20-14-16(8-12-19(20)22-3)7-11-18(21)17-9-5-15(2)6-10-17/h5-12,14H,4,13H2,1-3H3/b11-7+. The van der Waals surface area contributed by atoms with Gasteiger partial charge in [-0.3, -0.25) is 4.79 Å². The van der Waals surface area contributed by atoms with Gasteiger partial charge < -0.3 is 9.47 Å². The number of allylic oxidation sites excluding steroid dienone is 1. The van der Waals surface area contributed by atoms with Gasteiger partial charge in [0, 0.05) is 5.56 Å². The van der Waals surface area contributed by atoms with Crippen LogP contribution >= 0.6 is 0 Å². The van der Waals surface area contributed by atoms with Gasteiger partial charge in [-0.2, -0.15) is 0 Å². The molecule has 0 aliphatic rings. The van der Waals surface area contributed by atoms with Crippen LogP contribution in [0.25, 0.3) is 6.08 Å². The first kappa shape index (κ1) is 16.8. The molecule has 0 amide bonds. The summed E-state index contributed by atoms with van der Waals surface area (Å²) in [6, 6.07) is 13.2. The van der Waals surface area contributed by atoms with Crippen LogP contribution in [0.15, 0.2) is 48.5 Å². The van der Waals surface area contributed by atoms with E-state index in [-0.39, 0.29) is 5.78 Å². The Morgan fingerprint density at radius 3 is 2.48 bits per heavy atom. The average Bonchev–Trinajstić information content (AvgIpc) is 2.58. The maximum Gasteiger partial charge on any atom is 0.185 e. The molecular formula is C20H22O3. The third-order valence-electron chi connectivity index (χ3n) is 3.41. The lowest BCUT2D eigenvalue weighted by Gasteiger charge is -2.10. The van der Waals surface area contributed by atoms with Crippen molar-refractivity contribution in [1.29, 1.82) is 0 Å².